The molecule has 0 aliphatic carbocycles. The van der Waals surface area contributed by atoms with E-state index in [1.54, 1.807) is 0 Å². The maximum atomic E-state index is 2.30. The molecule has 0 aliphatic rings. The van der Waals surface area contributed by atoms with Crippen molar-refractivity contribution >= 4 is 23.5 Å². The molecular weight excluding hydrogens is 292 g/mol. The van der Waals surface area contributed by atoms with Crippen molar-refractivity contribution in [3.05, 3.63) is 0 Å². The molecule has 0 radical (unpaired) electrons. The van der Waals surface area contributed by atoms with Gasteiger partial charge in [-0.25, -0.2) is 0 Å². The smallest absolute Gasteiger partial charge is 0.0135 e. The van der Waals surface area contributed by atoms with Crippen molar-refractivity contribution < 1.29 is 0 Å². The van der Waals surface area contributed by atoms with Gasteiger partial charge in [-0.2, -0.15) is 23.5 Å². The third kappa shape index (κ3) is 16.9. The molecule has 0 aliphatic heterocycles. The van der Waals surface area contributed by atoms with Crippen molar-refractivity contribution in [2.45, 2.75) is 102 Å². The van der Waals surface area contributed by atoms with Crippen molar-refractivity contribution in [1.29, 1.82) is 0 Å². The summed E-state index contributed by atoms with van der Waals surface area (Å²) >= 11 is 4.06. The molecular formula is C19H40S2. The van der Waals surface area contributed by atoms with Crippen LogP contribution in [0.1, 0.15) is 96.8 Å². The number of thioether (sulfide) groups is 2. The van der Waals surface area contributed by atoms with Gasteiger partial charge in [-0.3, -0.25) is 0 Å². The molecule has 0 N–H and O–H groups in total. The Balaban J connectivity index is 3.08. The minimum absolute atomic E-state index is 0.896. The summed E-state index contributed by atoms with van der Waals surface area (Å²) in [6.45, 7) is 2.30. The van der Waals surface area contributed by atoms with Crippen LogP contribution in [0.4, 0.5) is 0 Å². The number of unbranched alkanes of at least 4 members (excludes halogenated alkanes) is 12. The maximum absolute atomic E-state index is 2.30. The zero-order chi connectivity index (χ0) is 15.6. The van der Waals surface area contributed by atoms with E-state index in [9.17, 15) is 0 Å². The summed E-state index contributed by atoms with van der Waals surface area (Å²) in [6, 6.07) is 0. The summed E-state index contributed by atoms with van der Waals surface area (Å²) in [5.74, 6) is 1.33. The van der Waals surface area contributed by atoms with Crippen molar-refractivity contribution in [2.24, 2.45) is 0 Å². The van der Waals surface area contributed by atoms with Gasteiger partial charge < -0.3 is 0 Å². The highest BCUT2D eigenvalue weighted by atomic mass is 32.2. The molecule has 0 spiro atoms. The quantitative estimate of drug-likeness (QED) is 0.252. The van der Waals surface area contributed by atoms with E-state index in [2.05, 4.69) is 31.2 Å². The van der Waals surface area contributed by atoms with E-state index in [-0.39, 0.29) is 0 Å². The summed E-state index contributed by atoms with van der Waals surface area (Å²) in [5.41, 5.74) is 0. The summed E-state index contributed by atoms with van der Waals surface area (Å²) in [7, 11) is 0. The van der Waals surface area contributed by atoms with Crippen LogP contribution in [-0.4, -0.2) is 23.5 Å². The van der Waals surface area contributed by atoms with E-state index in [1.165, 1.54) is 95.6 Å². The number of rotatable bonds is 17. The van der Waals surface area contributed by atoms with Gasteiger partial charge >= 0.3 is 0 Å². The Kier molecular flexibility index (Phi) is 19.4. The highest BCUT2D eigenvalue weighted by Gasteiger charge is 2.05. The SMILES string of the molecule is CCCCCCCCCCCCCCCC(CSC)SC. The second-order valence-corrected chi connectivity index (χ2v) is 8.39. The Hall–Kier alpha value is 0.700. The third-order valence-corrected chi connectivity index (χ3v) is 6.33. The highest BCUT2D eigenvalue weighted by molar-refractivity contribution is 8.02. The minimum Gasteiger partial charge on any atom is -0.164 e. The first-order valence-corrected chi connectivity index (χ1v) is 12.0. The lowest BCUT2D eigenvalue weighted by Crippen LogP contribution is -2.04. The van der Waals surface area contributed by atoms with Gasteiger partial charge in [-0.05, 0) is 18.9 Å². The molecule has 21 heavy (non-hydrogen) atoms. The van der Waals surface area contributed by atoms with Crippen LogP contribution in [0.2, 0.25) is 0 Å². The summed E-state index contributed by atoms with van der Waals surface area (Å²) in [6.07, 6.45) is 24.9. The molecule has 128 valence electrons. The zero-order valence-electron chi connectivity index (χ0n) is 15.0. The lowest BCUT2D eigenvalue weighted by Gasteiger charge is -2.12. The van der Waals surface area contributed by atoms with Gasteiger partial charge in [0.15, 0.2) is 0 Å². The summed E-state index contributed by atoms with van der Waals surface area (Å²) in [5, 5.41) is 0.896. The van der Waals surface area contributed by atoms with E-state index in [4.69, 9.17) is 0 Å². The molecule has 0 bridgehead atoms. The lowest BCUT2D eigenvalue weighted by molar-refractivity contribution is 0.535. The summed E-state index contributed by atoms with van der Waals surface area (Å²) in [4.78, 5) is 0. The topological polar surface area (TPSA) is 0 Å². The van der Waals surface area contributed by atoms with Crippen molar-refractivity contribution in [1.82, 2.24) is 0 Å². The van der Waals surface area contributed by atoms with Crippen LogP contribution in [0.25, 0.3) is 0 Å². The van der Waals surface area contributed by atoms with Gasteiger partial charge in [-0.1, -0.05) is 90.4 Å². The first-order valence-electron chi connectivity index (χ1n) is 9.36. The zero-order valence-corrected chi connectivity index (χ0v) is 16.6. The highest BCUT2D eigenvalue weighted by Crippen LogP contribution is 2.19. The van der Waals surface area contributed by atoms with Crippen molar-refractivity contribution in [3.63, 3.8) is 0 Å². The molecule has 0 aromatic carbocycles. The predicted octanol–water partition coefficient (Wildman–Crippen LogP) is 7.56. The van der Waals surface area contributed by atoms with E-state index in [1.807, 2.05) is 11.8 Å². The van der Waals surface area contributed by atoms with Crippen LogP contribution in [0, 0.1) is 0 Å². The number of hydrogen-bond donors (Lipinski definition) is 0. The first kappa shape index (κ1) is 21.7. The Morgan fingerprint density at radius 2 is 1.05 bits per heavy atom. The molecule has 0 aromatic heterocycles. The van der Waals surface area contributed by atoms with Crippen LogP contribution in [0.15, 0.2) is 0 Å². The van der Waals surface area contributed by atoms with Crippen LogP contribution in [0.3, 0.4) is 0 Å². The minimum atomic E-state index is 0.896. The number of hydrogen-bond acceptors (Lipinski definition) is 2. The van der Waals surface area contributed by atoms with Gasteiger partial charge in [-0.15, -0.1) is 0 Å². The molecule has 1 unspecified atom stereocenters. The Labute approximate surface area is 144 Å². The molecule has 0 saturated heterocycles. The second kappa shape index (κ2) is 18.7. The predicted molar refractivity (Wildman–Crippen MR) is 106 cm³/mol. The van der Waals surface area contributed by atoms with Gasteiger partial charge in [0, 0.05) is 11.0 Å². The van der Waals surface area contributed by atoms with E-state index < -0.39 is 0 Å². The van der Waals surface area contributed by atoms with Crippen molar-refractivity contribution in [2.75, 3.05) is 18.3 Å². The van der Waals surface area contributed by atoms with Gasteiger partial charge in [0.05, 0.1) is 0 Å². The van der Waals surface area contributed by atoms with E-state index >= 15 is 0 Å². The Bertz CT molecular complexity index is 182. The largest absolute Gasteiger partial charge is 0.164 e. The standard InChI is InChI=1S/C19H40S2/c1-4-5-6-7-8-9-10-11-12-13-14-15-16-17-19(21-3)18-20-2/h19H,4-18H2,1-3H3. The summed E-state index contributed by atoms with van der Waals surface area (Å²) < 4.78 is 0. The Morgan fingerprint density at radius 1 is 0.619 bits per heavy atom. The monoisotopic (exact) mass is 332 g/mol. The average Bonchev–Trinajstić information content (AvgIpc) is 2.50. The molecule has 0 nitrogen and oxygen atoms in total. The molecule has 0 fully saturated rings. The molecule has 0 amide bonds. The third-order valence-electron chi connectivity index (χ3n) is 4.32. The Morgan fingerprint density at radius 3 is 1.43 bits per heavy atom. The molecule has 0 saturated carbocycles. The van der Waals surface area contributed by atoms with Crippen LogP contribution in [-0.2, 0) is 0 Å². The van der Waals surface area contributed by atoms with Crippen LogP contribution < -0.4 is 0 Å². The molecule has 0 heterocycles. The first-order chi connectivity index (χ1) is 10.3. The van der Waals surface area contributed by atoms with Gasteiger partial charge in [0.2, 0.25) is 0 Å². The fourth-order valence-corrected chi connectivity index (χ4v) is 4.74. The maximum Gasteiger partial charge on any atom is 0.0135 e. The fourth-order valence-electron chi connectivity index (χ4n) is 2.84. The van der Waals surface area contributed by atoms with Crippen LogP contribution in [0.5, 0.6) is 0 Å². The molecule has 2 heteroatoms. The lowest BCUT2D eigenvalue weighted by atomic mass is 10.0. The van der Waals surface area contributed by atoms with E-state index in [0.29, 0.717) is 0 Å². The molecule has 0 rings (SSSR count). The van der Waals surface area contributed by atoms with E-state index in [0.717, 1.165) is 5.25 Å². The van der Waals surface area contributed by atoms with Crippen LogP contribution >= 0.6 is 23.5 Å². The van der Waals surface area contributed by atoms with Crippen molar-refractivity contribution in [3.8, 4) is 0 Å². The fraction of sp³-hybridized carbons (Fsp3) is 1.00. The second-order valence-electron chi connectivity index (χ2n) is 6.34. The normalized spacial score (nSPS) is 12.7. The average molecular weight is 333 g/mol. The van der Waals surface area contributed by atoms with Gasteiger partial charge in [0.25, 0.3) is 0 Å². The van der Waals surface area contributed by atoms with Gasteiger partial charge in [0.1, 0.15) is 0 Å². The molecule has 0 aromatic rings. The molecule has 1 atom stereocenters.